The van der Waals surface area contributed by atoms with Crippen LogP contribution in [-0.2, 0) is 14.3 Å². The highest BCUT2D eigenvalue weighted by Gasteiger charge is 2.13. The van der Waals surface area contributed by atoms with Gasteiger partial charge < -0.3 is 19.7 Å². The van der Waals surface area contributed by atoms with Crippen molar-refractivity contribution < 1.29 is 24.5 Å². The van der Waals surface area contributed by atoms with E-state index < -0.39 is 5.97 Å². The van der Waals surface area contributed by atoms with Gasteiger partial charge in [0.1, 0.15) is 6.10 Å². The lowest BCUT2D eigenvalue weighted by Crippen LogP contribution is -2.25. The van der Waals surface area contributed by atoms with Crippen molar-refractivity contribution in [3.8, 4) is 0 Å². The Morgan fingerprint density at radius 2 is 0.720 bits per heavy atom. The normalized spacial score (nSPS) is 16.0. The van der Waals surface area contributed by atoms with Crippen LogP contribution in [-0.4, -0.2) is 48.7 Å². The van der Waals surface area contributed by atoms with Gasteiger partial charge in [-0.25, -0.2) is 0 Å². The molecule has 7 unspecified atom stereocenters. The molecule has 0 spiro atoms. The molecule has 0 rings (SSSR count). The molecule has 50 heavy (non-hydrogen) atoms. The van der Waals surface area contributed by atoms with Gasteiger partial charge in [-0.3, -0.25) is 4.79 Å². The molecule has 0 saturated carbocycles. The number of hydrogen-bond acceptors (Lipinski definition) is 4. The van der Waals surface area contributed by atoms with Crippen LogP contribution in [0.2, 0.25) is 0 Å². The van der Waals surface area contributed by atoms with Gasteiger partial charge in [0, 0.05) is 20.1 Å². The van der Waals surface area contributed by atoms with Crippen LogP contribution in [0, 0.1) is 47.3 Å². The van der Waals surface area contributed by atoms with Crippen molar-refractivity contribution in [2.24, 2.45) is 47.3 Å². The third kappa shape index (κ3) is 40.1. The first-order valence-corrected chi connectivity index (χ1v) is 21.7. The fourth-order valence-electron chi connectivity index (χ4n) is 6.96. The molecular weight excluding hydrogens is 620 g/mol. The van der Waals surface area contributed by atoms with Crippen molar-refractivity contribution in [1.29, 1.82) is 0 Å². The van der Waals surface area contributed by atoms with Gasteiger partial charge in [-0.2, -0.15) is 0 Å². The van der Waals surface area contributed by atoms with Gasteiger partial charge in [-0.1, -0.05) is 185 Å². The third-order valence-electron chi connectivity index (χ3n) is 10.8. The third-order valence-corrected chi connectivity index (χ3v) is 10.8. The molecule has 0 fully saturated rings. The summed E-state index contributed by atoms with van der Waals surface area (Å²) in [5, 5.41) is 17.2. The minimum Gasteiger partial charge on any atom is -0.481 e. The number of aliphatic hydroxyl groups excluding tert-OH is 1. The average molecular weight is 713 g/mol. The van der Waals surface area contributed by atoms with Crippen molar-refractivity contribution in [2.75, 3.05) is 26.4 Å². The zero-order valence-electron chi connectivity index (χ0n) is 35.8. The first-order chi connectivity index (χ1) is 23.7. The van der Waals surface area contributed by atoms with Gasteiger partial charge >= 0.3 is 0 Å². The van der Waals surface area contributed by atoms with Gasteiger partial charge in [-0.05, 0) is 60.2 Å². The Morgan fingerprint density at radius 1 is 0.460 bits per heavy atom. The quantitative estimate of drug-likeness (QED) is 0.0650. The predicted octanol–water partition coefficient (Wildman–Crippen LogP) is 13.4. The van der Waals surface area contributed by atoms with E-state index in [4.69, 9.17) is 19.4 Å². The summed E-state index contributed by atoms with van der Waals surface area (Å²) in [6.07, 6.45) is 26.8. The summed E-state index contributed by atoms with van der Waals surface area (Å²) in [6.45, 7) is 27.0. The number of ether oxygens (including phenoxy) is 2. The van der Waals surface area contributed by atoms with E-state index >= 15 is 0 Å². The number of carboxylic acids is 1. The lowest BCUT2D eigenvalue weighted by atomic mass is 9.91. The zero-order chi connectivity index (χ0) is 38.2. The van der Waals surface area contributed by atoms with Gasteiger partial charge in [0.25, 0.3) is 5.97 Å². The summed E-state index contributed by atoms with van der Waals surface area (Å²) in [6, 6.07) is 0. The van der Waals surface area contributed by atoms with Crippen molar-refractivity contribution in [1.82, 2.24) is 0 Å². The van der Waals surface area contributed by atoms with Gasteiger partial charge in [-0.15, -0.1) is 0 Å². The van der Waals surface area contributed by atoms with E-state index in [9.17, 15) is 5.11 Å². The van der Waals surface area contributed by atoms with E-state index in [0.717, 1.165) is 68.5 Å². The van der Waals surface area contributed by atoms with E-state index in [0.29, 0.717) is 18.4 Å². The maximum absolute atomic E-state index is 9.78. The summed E-state index contributed by atoms with van der Waals surface area (Å²) in [5.41, 5.74) is 0. The van der Waals surface area contributed by atoms with Crippen LogP contribution >= 0.6 is 0 Å². The fourth-order valence-corrected chi connectivity index (χ4v) is 6.96. The minimum absolute atomic E-state index is 0.0480. The Morgan fingerprint density at radius 3 is 1.00 bits per heavy atom. The maximum Gasteiger partial charge on any atom is 0.300 e. The number of aliphatic hydroxyl groups is 1. The molecule has 0 heterocycles. The van der Waals surface area contributed by atoms with Crippen LogP contribution in [0.4, 0.5) is 0 Å². The molecule has 5 nitrogen and oxygen atoms in total. The zero-order valence-corrected chi connectivity index (χ0v) is 35.8. The van der Waals surface area contributed by atoms with E-state index in [1.807, 2.05) is 0 Å². The van der Waals surface area contributed by atoms with Crippen LogP contribution < -0.4 is 0 Å². The van der Waals surface area contributed by atoms with Gasteiger partial charge in [0.05, 0.1) is 13.2 Å². The fraction of sp³-hybridized carbons (Fsp3) is 0.978. The predicted molar refractivity (Wildman–Crippen MR) is 218 cm³/mol. The summed E-state index contributed by atoms with van der Waals surface area (Å²) in [4.78, 5) is 9.00. The Hall–Kier alpha value is -0.650. The molecule has 2 N–H and O–H groups in total. The van der Waals surface area contributed by atoms with Crippen LogP contribution in [0.25, 0.3) is 0 Å². The summed E-state index contributed by atoms with van der Waals surface area (Å²) in [7, 11) is 0. The molecule has 0 aliphatic rings. The second kappa shape index (κ2) is 35.4. The molecule has 7 atom stereocenters. The molecule has 0 saturated heterocycles. The highest BCUT2D eigenvalue weighted by atomic mass is 16.5. The Labute approximate surface area is 314 Å². The van der Waals surface area contributed by atoms with Crippen LogP contribution in [0.5, 0.6) is 0 Å². The van der Waals surface area contributed by atoms with Crippen molar-refractivity contribution in [3.05, 3.63) is 0 Å². The van der Waals surface area contributed by atoms with E-state index in [1.165, 1.54) is 116 Å². The smallest absolute Gasteiger partial charge is 0.300 e. The molecule has 0 bridgehead atoms. The van der Waals surface area contributed by atoms with Crippen LogP contribution in [0.15, 0.2) is 0 Å². The summed E-state index contributed by atoms with van der Waals surface area (Å²) < 4.78 is 11.9. The number of aliphatic carboxylic acids is 1. The Balaban J connectivity index is 0. The molecule has 0 aromatic carbocycles. The molecule has 0 aromatic rings. The van der Waals surface area contributed by atoms with Crippen molar-refractivity contribution in [3.63, 3.8) is 0 Å². The van der Waals surface area contributed by atoms with Gasteiger partial charge in [0.2, 0.25) is 0 Å². The highest BCUT2D eigenvalue weighted by Crippen LogP contribution is 2.24. The molecular formula is C45H92O5. The molecule has 0 amide bonds. The topological polar surface area (TPSA) is 76.0 Å². The van der Waals surface area contributed by atoms with Crippen LogP contribution in [0.3, 0.4) is 0 Å². The standard InChI is InChI=1S/C43H88O3.C2H4O2/c1-35(2)17-11-19-37(5)21-13-23-39(7)25-15-27-41(9)29-31-45-34-43(33-44)46-32-30-42(10)28-16-26-40(8)24-14-22-38(6)20-12-18-36(3)4;1-2(3)4/h35-44H,11-34H2,1-10H3;1H3,(H,3,4). The molecule has 0 aliphatic carbocycles. The second-order valence-electron chi connectivity index (χ2n) is 17.9. The van der Waals surface area contributed by atoms with E-state index in [2.05, 4.69) is 69.2 Å². The second-order valence-corrected chi connectivity index (χ2v) is 17.9. The SMILES string of the molecule is CC(=O)O.CC(C)CCCC(C)CCCC(C)CCCC(C)CCOCC(CO)OCCC(C)CCCC(C)CCCC(C)CCCC(C)C. The highest BCUT2D eigenvalue weighted by molar-refractivity contribution is 5.62. The molecule has 302 valence electrons. The van der Waals surface area contributed by atoms with E-state index in [-0.39, 0.29) is 12.7 Å². The van der Waals surface area contributed by atoms with Crippen molar-refractivity contribution >= 4 is 5.97 Å². The van der Waals surface area contributed by atoms with Crippen molar-refractivity contribution in [2.45, 2.75) is 211 Å². The molecule has 0 aromatic heterocycles. The maximum atomic E-state index is 9.78. The molecule has 0 radical (unpaired) electrons. The number of rotatable bonds is 34. The first-order valence-electron chi connectivity index (χ1n) is 21.7. The number of carboxylic acid groups (broad SMARTS) is 1. The average Bonchev–Trinajstić information content (AvgIpc) is 3.01. The van der Waals surface area contributed by atoms with Gasteiger partial charge in [0.15, 0.2) is 0 Å². The first kappa shape index (κ1) is 51.5. The summed E-state index contributed by atoms with van der Waals surface area (Å²) in [5.74, 6) is 5.74. The number of carbonyl (C=O) groups is 1. The van der Waals surface area contributed by atoms with E-state index in [1.54, 1.807) is 0 Å². The number of hydrogen-bond donors (Lipinski definition) is 2. The molecule has 0 aliphatic heterocycles. The Kier molecular flexibility index (Phi) is 36.4. The van der Waals surface area contributed by atoms with Crippen LogP contribution in [0.1, 0.15) is 205 Å². The summed E-state index contributed by atoms with van der Waals surface area (Å²) >= 11 is 0. The largest absolute Gasteiger partial charge is 0.481 e. The molecule has 5 heteroatoms. The lowest BCUT2D eigenvalue weighted by Gasteiger charge is -2.19. The minimum atomic E-state index is -0.833. The Bertz CT molecular complexity index is 706. The lowest BCUT2D eigenvalue weighted by molar-refractivity contribution is -0.134. The monoisotopic (exact) mass is 713 g/mol.